The highest BCUT2D eigenvalue weighted by atomic mass is 14.9. The molecule has 1 rings (SSSR count). The predicted molar refractivity (Wildman–Crippen MR) is 75.5 cm³/mol. The van der Waals surface area contributed by atoms with Crippen LogP contribution < -0.4 is 0 Å². The van der Waals surface area contributed by atoms with Gasteiger partial charge in [0, 0.05) is 12.4 Å². The van der Waals surface area contributed by atoms with Gasteiger partial charge in [-0.2, -0.15) is 0 Å². The van der Waals surface area contributed by atoms with Crippen molar-refractivity contribution in [3.63, 3.8) is 0 Å². The first-order valence-electron chi connectivity index (χ1n) is 5.95. The molecule has 0 fully saturated rings. The highest BCUT2D eigenvalue weighted by molar-refractivity contribution is 5.83. The minimum Gasteiger partial charge on any atom is -0.353 e. The van der Waals surface area contributed by atoms with Gasteiger partial charge in [-0.15, -0.1) is 0 Å². The van der Waals surface area contributed by atoms with E-state index in [2.05, 4.69) is 56.5 Å². The van der Waals surface area contributed by atoms with Crippen molar-refractivity contribution in [3.8, 4) is 0 Å². The molecule has 0 aliphatic heterocycles. The van der Waals surface area contributed by atoms with Crippen molar-refractivity contribution in [2.45, 2.75) is 52.6 Å². The van der Waals surface area contributed by atoms with Crippen LogP contribution in [0.15, 0.2) is 22.1 Å². The summed E-state index contributed by atoms with van der Waals surface area (Å²) in [6.07, 6.45) is 3.74. The summed E-state index contributed by atoms with van der Waals surface area (Å²) in [5.41, 5.74) is 1.95. The van der Waals surface area contributed by atoms with Crippen molar-refractivity contribution in [3.05, 3.63) is 23.5 Å². The van der Waals surface area contributed by atoms with Crippen LogP contribution >= 0.6 is 0 Å². The van der Waals surface area contributed by atoms with Crippen LogP contribution in [0.1, 0.15) is 52.9 Å². The zero-order valence-corrected chi connectivity index (χ0v) is 11.7. The molecule has 0 aliphatic rings. The van der Waals surface area contributed by atoms with Crippen LogP contribution in [0.25, 0.3) is 0 Å². The van der Waals surface area contributed by atoms with Crippen molar-refractivity contribution < 1.29 is 0 Å². The predicted octanol–water partition coefficient (Wildman–Crippen LogP) is 3.45. The van der Waals surface area contributed by atoms with E-state index in [1.165, 1.54) is 0 Å². The molecule has 0 aromatic carbocycles. The summed E-state index contributed by atoms with van der Waals surface area (Å²) in [5.74, 6) is 0. The fourth-order valence-electron chi connectivity index (χ4n) is 1.11. The zero-order valence-electron chi connectivity index (χ0n) is 11.7. The summed E-state index contributed by atoms with van der Waals surface area (Å²) < 4.78 is 0. The third kappa shape index (κ3) is 6.05. The standard InChI is InChI=1S/C14H23N3/c1-13(2,3)15-9-11-7-8-12(17-11)10-16-14(4,5)6/h7-10,17H,1-6H3/b15-9+,16-10+. The highest BCUT2D eigenvalue weighted by Crippen LogP contribution is 2.08. The van der Waals surface area contributed by atoms with E-state index < -0.39 is 0 Å². The number of nitrogens with zero attached hydrogens (tertiary/aromatic N) is 2. The fourth-order valence-corrected chi connectivity index (χ4v) is 1.11. The molecule has 0 unspecified atom stereocenters. The van der Waals surface area contributed by atoms with Crippen molar-refractivity contribution in [1.29, 1.82) is 0 Å². The second kappa shape index (κ2) is 4.86. The fraction of sp³-hybridized carbons (Fsp3) is 0.571. The molecule has 1 aromatic heterocycles. The molecule has 94 valence electrons. The Bertz CT molecular complexity index is 373. The molecular formula is C14H23N3. The molecule has 0 radical (unpaired) electrons. The molecule has 0 saturated heterocycles. The lowest BCUT2D eigenvalue weighted by Crippen LogP contribution is -2.10. The molecule has 3 heteroatoms. The van der Waals surface area contributed by atoms with E-state index in [4.69, 9.17) is 0 Å². The summed E-state index contributed by atoms with van der Waals surface area (Å²) in [6.45, 7) is 12.5. The molecule has 0 aliphatic carbocycles. The van der Waals surface area contributed by atoms with Crippen LogP contribution in [0.5, 0.6) is 0 Å². The number of aromatic nitrogens is 1. The Balaban J connectivity index is 2.73. The number of rotatable bonds is 2. The van der Waals surface area contributed by atoms with Crippen molar-refractivity contribution in [2.24, 2.45) is 9.98 Å². The van der Waals surface area contributed by atoms with Crippen molar-refractivity contribution in [1.82, 2.24) is 4.98 Å². The van der Waals surface area contributed by atoms with Crippen LogP contribution in [-0.2, 0) is 0 Å². The van der Waals surface area contributed by atoms with E-state index in [9.17, 15) is 0 Å². The summed E-state index contributed by atoms with van der Waals surface area (Å²) in [5, 5.41) is 0. The normalized spacial score (nSPS) is 14.0. The van der Waals surface area contributed by atoms with Crippen LogP contribution in [0.4, 0.5) is 0 Å². The minimum absolute atomic E-state index is 0.0369. The molecule has 0 spiro atoms. The number of aliphatic imine (C=N–C) groups is 2. The first kappa shape index (κ1) is 13.7. The smallest absolute Gasteiger partial charge is 0.0567 e. The highest BCUT2D eigenvalue weighted by Gasteiger charge is 2.06. The van der Waals surface area contributed by atoms with E-state index in [-0.39, 0.29) is 11.1 Å². The molecular weight excluding hydrogens is 210 g/mol. The van der Waals surface area contributed by atoms with Crippen LogP contribution in [0.3, 0.4) is 0 Å². The monoisotopic (exact) mass is 233 g/mol. The molecule has 3 nitrogen and oxygen atoms in total. The van der Waals surface area contributed by atoms with Crippen LogP contribution in [0.2, 0.25) is 0 Å². The molecule has 1 N–H and O–H groups in total. The number of aromatic amines is 1. The Kier molecular flexibility index (Phi) is 3.91. The average molecular weight is 233 g/mol. The summed E-state index contributed by atoms with van der Waals surface area (Å²) >= 11 is 0. The molecule has 0 amide bonds. The van der Waals surface area contributed by atoms with E-state index in [1.54, 1.807) is 0 Å². The topological polar surface area (TPSA) is 40.5 Å². The lowest BCUT2D eigenvalue weighted by molar-refractivity contribution is 0.586. The van der Waals surface area contributed by atoms with Gasteiger partial charge >= 0.3 is 0 Å². The van der Waals surface area contributed by atoms with Gasteiger partial charge in [-0.25, -0.2) is 0 Å². The molecule has 17 heavy (non-hydrogen) atoms. The van der Waals surface area contributed by atoms with Gasteiger partial charge in [0.05, 0.1) is 22.5 Å². The lowest BCUT2D eigenvalue weighted by atomic mass is 10.1. The Morgan fingerprint density at radius 2 is 1.18 bits per heavy atom. The Morgan fingerprint density at radius 3 is 1.47 bits per heavy atom. The van der Waals surface area contributed by atoms with E-state index in [0.717, 1.165) is 11.4 Å². The lowest BCUT2D eigenvalue weighted by Gasteiger charge is -2.10. The van der Waals surface area contributed by atoms with Gasteiger partial charge in [-0.05, 0) is 53.7 Å². The molecule has 1 heterocycles. The van der Waals surface area contributed by atoms with Crippen LogP contribution in [0, 0.1) is 0 Å². The van der Waals surface area contributed by atoms with Gasteiger partial charge in [0.2, 0.25) is 0 Å². The van der Waals surface area contributed by atoms with E-state index in [0.29, 0.717) is 0 Å². The third-order valence-electron chi connectivity index (χ3n) is 1.91. The summed E-state index contributed by atoms with van der Waals surface area (Å²) in [6, 6.07) is 4.03. The first-order chi connectivity index (χ1) is 7.66. The summed E-state index contributed by atoms with van der Waals surface area (Å²) in [7, 11) is 0. The number of hydrogen-bond donors (Lipinski definition) is 1. The second-order valence-corrected chi connectivity index (χ2v) is 6.23. The zero-order chi connectivity index (χ0) is 13.1. The largest absolute Gasteiger partial charge is 0.353 e. The maximum atomic E-state index is 4.45. The van der Waals surface area contributed by atoms with Crippen molar-refractivity contribution >= 4 is 12.4 Å². The Morgan fingerprint density at radius 1 is 0.824 bits per heavy atom. The maximum Gasteiger partial charge on any atom is 0.0567 e. The van der Waals surface area contributed by atoms with Crippen molar-refractivity contribution in [2.75, 3.05) is 0 Å². The van der Waals surface area contributed by atoms with Gasteiger partial charge in [-0.3, -0.25) is 9.98 Å². The van der Waals surface area contributed by atoms with Gasteiger partial charge < -0.3 is 4.98 Å². The van der Waals surface area contributed by atoms with Crippen LogP contribution in [-0.4, -0.2) is 28.5 Å². The van der Waals surface area contributed by atoms with Gasteiger partial charge in [0.1, 0.15) is 0 Å². The quantitative estimate of drug-likeness (QED) is 0.760. The number of hydrogen-bond acceptors (Lipinski definition) is 2. The SMILES string of the molecule is CC(C)(C)/N=C/c1ccc(/C=N/C(C)(C)C)[nH]1. The van der Waals surface area contributed by atoms with Gasteiger partial charge in [0.15, 0.2) is 0 Å². The minimum atomic E-state index is -0.0369. The average Bonchev–Trinajstić information content (AvgIpc) is 2.57. The van der Waals surface area contributed by atoms with Gasteiger partial charge in [0.25, 0.3) is 0 Å². The third-order valence-corrected chi connectivity index (χ3v) is 1.91. The van der Waals surface area contributed by atoms with E-state index in [1.807, 2.05) is 24.6 Å². The maximum absolute atomic E-state index is 4.45. The molecule has 0 bridgehead atoms. The number of H-pyrrole nitrogens is 1. The summed E-state index contributed by atoms with van der Waals surface area (Å²) in [4.78, 5) is 12.2. The first-order valence-corrected chi connectivity index (χ1v) is 5.95. The molecule has 1 aromatic rings. The molecule has 0 atom stereocenters. The number of nitrogens with one attached hydrogen (secondary N) is 1. The van der Waals surface area contributed by atoms with E-state index >= 15 is 0 Å². The van der Waals surface area contributed by atoms with Gasteiger partial charge in [-0.1, -0.05) is 0 Å². The second-order valence-electron chi connectivity index (χ2n) is 6.23. The Hall–Kier alpha value is -1.38. The molecule has 0 saturated carbocycles. The Labute approximate surface area is 104 Å².